The highest BCUT2D eigenvalue weighted by atomic mass is 16.5. The number of fused-ring (bicyclic) bond motifs is 3. The lowest BCUT2D eigenvalue weighted by atomic mass is 9.75. The molecule has 2 aliphatic rings. The summed E-state index contributed by atoms with van der Waals surface area (Å²) in [6.45, 7) is 4.13. The van der Waals surface area contributed by atoms with Crippen molar-refractivity contribution in [2.45, 2.75) is 33.1 Å². The number of methoxy groups -OCH3 is 1. The van der Waals surface area contributed by atoms with Gasteiger partial charge in [-0.3, -0.25) is 4.79 Å². The van der Waals surface area contributed by atoms with Crippen molar-refractivity contribution in [1.29, 1.82) is 0 Å². The largest absolute Gasteiger partial charge is 0.497 e. The average molecular weight is 282 g/mol. The molecule has 0 saturated heterocycles. The fourth-order valence-corrected chi connectivity index (χ4v) is 3.69. The van der Waals surface area contributed by atoms with E-state index in [0.29, 0.717) is 24.0 Å². The van der Waals surface area contributed by atoms with Crippen molar-refractivity contribution >= 4 is 11.4 Å². The van der Waals surface area contributed by atoms with Crippen LogP contribution in [0.25, 0.3) is 5.57 Å². The Hall–Kier alpha value is -1.83. The molecular formula is C19H22O2. The van der Waals surface area contributed by atoms with Gasteiger partial charge in [0, 0.05) is 6.42 Å². The molecule has 0 amide bonds. The quantitative estimate of drug-likeness (QED) is 0.777. The van der Waals surface area contributed by atoms with Gasteiger partial charge in [-0.2, -0.15) is 0 Å². The zero-order valence-corrected chi connectivity index (χ0v) is 13.0. The van der Waals surface area contributed by atoms with E-state index in [1.54, 1.807) is 7.11 Å². The first-order chi connectivity index (χ1) is 10.2. The topological polar surface area (TPSA) is 26.3 Å². The molecule has 3 rings (SSSR count). The van der Waals surface area contributed by atoms with Gasteiger partial charge in [-0.05, 0) is 66.0 Å². The van der Waals surface area contributed by atoms with Gasteiger partial charge in [-0.25, -0.2) is 0 Å². The molecule has 2 nitrogen and oxygen atoms in total. The Morgan fingerprint density at radius 1 is 1.33 bits per heavy atom. The summed E-state index contributed by atoms with van der Waals surface area (Å²) in [4.78, 5) is 12.3. The van der Waals surface area contributed by atoms with E-state index in [-0.39, 0.29) is 0 Å². The molecule has 1 aromatic carbocycles. The summed E-state index contributed by atoms with van der Waals surface area (Å²) in [6.07, 6.45) is 7.14. The van der Waals surface area contributed by atoms with Crippen LogP contribution in [0.2, 0.25) is 0 Å². The molecule has 2 unspecified atom stereocenters. The number of hydrogen-bond donors (Lipinski definition) is 0. The third-order valence-corrected chi connectivity index (χ3v) is 4.79. The highest BCUT2D eigenvalue weighted by molar-refractivity contribution is 6.05. The van der Waals surface area contributed by atoms with E-state index in [9.17, 15) is 4.79 Å². The predicted molar refractivity (Wildman–Crippen MR) is 85.3 cm³/mol. The highest BCUT2D eigenvalue weighted by Crippen LogP contribution is 2.48. The van der Waals surface area contributed by atoms with Crippen molar-refractivity contribution in [2.24, 2.45) is 11.8 Å². The third-order valence-electron chi connectivity index (χ3n) is 4.79. The maximum Gasteiger partial charge on any atom is 0.159 e. The Kier molecular flexibility index (Phi) is 3.71. The zero-order chi connectivity index (χ0) is 15.0. The van der Waals surface area contributed by atoms with Crippen LogP contribution in [0.1, 0.15) is 37.8 Å². The van der Waals surface area contributed by atoms with Gasteiger partial charge in [0.2, 0.25) is 0 Å². The van der Waals surface area contributed by atoms with E-state index in [1.807, 2.05) is 13.0 Å². The fraction of sp³-hybridized carbons (Fsp3) is 0.421. The van der Waals surface area contributed by atoms with E-state index >= 15 is 0 Å². The molecule has 2 aliphatic carbocycles. The second-order valence-electron chi connectivity index (χ2n) is 6.00. The van der Waals surface area contributed by atoms with Crippen molar-refractivity contribution in [1.82, 2.24) is 0 Å². The zero-order valence-electron chi connectivity index (χ0n) is 13.0. The Balaban J connectivity index is 2.06. The lowest BCUT2D eigenvalue weighted by molar-refractivity contribution is -0.116. The van der Waals surface area contributed by atoms with Crippen LogP contribution in [0.15, 0.2) is 35.9 Å². The molecule has 2 atom stereocenters. The summed E-state index contributed by atoms with van der Waals surface area (Å²) in [7, 11) is 1.70. The van der Waals surface area contributed by atoms with Crippen molar-refractivity contribution in [3.63, 3.8) is 0 Å². The van der Waals surface area contributed by atoms with Gasteiger partial charge in [0.05, 0.1) is 7.11 Å². The molecule has 2 heteroatoms. The molecule has 0 heterocycles. The number of carbonyl (C=O) groups is 1. The van der Waals surface area contributed by atoms with Gasteiger partial charge < -0.3 is 4.74 Å². The van der Waals surface area contributed by atoms with Crippen molar-refractivity contribution in [3.05, 3.63) is 47.1 Å². The third kappa shape index (κ3) is 2.33. The Morgan fingerprint density at radius 2 is 2.14 bits per heavy atom. The van der Waals surface area contributed by atoms with Crippen LogP contribution in [0, 0.1) is 11.8 Å². The van der Waals surface area contributed by atoms with Crippen molar-refractivity contribution in [2.75, 3.05) is 7.11 Å². The predicted octanol–water partition coefficient (Wildman–Crippen LogP) is 4.20. The molecule has 0 N–H and O–H groups in total. The van der Waals surface area contributed by atoms with E-state index in [0.717, 1.165) is 24.2 Å². The van der Waals surface area contributed by atoms with E-state index < -0.39 is 0 Å². The molecule has 110 valence electrons. The minimum atomic E-state index is 0.302. The Morgan fingerprint density at radius 3 is 2.86 bits per heavy atom. The molecule has 0 saturated carbocycles. The molecule has 0 fully saturated rings. The number of carbonyl (C=O) groups excluding carboxylic acids is 1. The summed E-state index contributed by atoms with van der Waals surface area (Å²) in [6, 6.07) is 6.24. The minimum absolute atomic E-state index is 0.302. The van der Waals surface area contributed by atoms with Gasteiger partial charge in [0.25, 0.3) is 0 Å². The van der Waals surface area contributed by atoms with Crippen molar-refractivity contribution in [3.8, 4) is 5.75 Å². The molecule has 0 radical (unpaired) electrons. The standard InChI is InChI=1S/C19H22O2/c1-4-5-6-13-11-18(20)12(2)19-16-8-7-15(21-3)9-14(16)10-17(13)19/h5-9,13,17H,4,10-11H2,1-3H3/b6-5+. The molecule has 0 spiro atoms. The highest BCUT2D eigenvalue weighted by Gasteiger charge is 2.38. The summed E-state index contributed by atoms with van der Waals surface area (Å²) < 4.78 is 5.34. The SMILES string of the molecule is CC/C=C/C1CC(=O)C(C)=C2c3ccc(OC)cc3CC21. The lowest BCUT2D eigenvalue weighted by Gasteiger charge is -2.28. The number of hydrogen-bond acceptors (Lipinski definition) is 2. The first kappa shape index (κ1) is 14.1. The number of ether oxygens (including phenoxy) is 1. The molecule has 21 heavy (non-hydrogen) atoms. The van der Waals surface area contributed by atoms with Gasteiger partial charge in [-0.1, -0.05) is 25.1 Å². The number of benzene rings is 1. The normalized spacial score (nSPS) is 24.4. The van der Waals surface area contributed by atoms with Crippen LogP contribution in [0.3, 0.4) is 0 Å². The first-order valence-corrected chi connectivity index (χ1v) is 7.73. The Labute approximate surface area is 126 Å². The van der Waals surface area contributed by atoms with E-state index in [2.05, 4.69) is 31.2 Å². The van der Waals surface area contributed by atoms with Gasteiger partial charge in [0.15, 0.2) is 5.78 Å². The van der Waals surface area contributed by atoms with Gasteiger partial charge in [-0.15, -0.1) is 0 Å². The molecule has 0 bridgehead atoms. The number of allylic oxidation sites excluding steroid dienone is 4. The van der Waals surface area contributed by atoms with Crippen LogP contribution < -0.4 is 4.74 Å². The number of Topliss-reactive ketones (excluding diaryl/α,β-unsaturated/α-hetero) is 1. The minimum Gasteiger partial charge on any atom is -0.497 e. The summed E-state index contributed by atoms with van der Waals surface area (Å²) in [5.41, 5.74) is 4.80. The van der Waals surface area contributed by atoms with Crippen LogP contribution in [0.5, 0.6) is 5.75 Å². The van der Waals surface area contributed by atoms with E-state index in [1.165, 1.54) is 16.7 Å². The second-order valence-corrected chi connectivity index (χ2v) is 6.00. The molecule has 1 aromatic rings. The molecular weight excluding hydrogens is 260 g/mol. The maximum atomic E-state index is 12.3. The smallest absolute Gasteiger partial charge is 0.159 e. The van der Waals surface area contributed by atoms with Gasteiger partial charge >= 0.3 is 0 Å². The lowest BCUT2D eigenvalue weighted by Crippen LogP contribution is -2.24. The van der Waals surface area contributed by atoms with Crippen LogP contribution in [-0.2, 0) is 11.2 Å². The summed E-state index contributed by atoms with van der Waals surface area (Å²) >= 11 is 0. The van der Waals surface area contributed by atoms with E-state index in [4.69, 9.17) is 4.74 Å². The van der Waals surface area contributed by atoms with Crippen LogP contribution >= 0.6 is 0 Å². The monoisotopic (exact) mass is 282 g/mol. The number of rotatable bonds is 3. The average Bonchev–Trinajstić information content (AvgIpc) is 2.88. The molecule has 0 aromatic heterocycles. The number of ketones is 1. The van der Waals surface area contributed by atoms with Crippen molar-refractivity contribution < 1.29 is 9.53 Å². The molecule has 0 aliphatic heterocycles. The first-order valence-electron chi connectivity index (χ1n) is 7.73. The maximum absolute atomic E-state index is 12.3. The Bertz CT molecular complexity index is 637. The van der Waals surface area contributed by atoms with Gasteiger partial charge in [0.1, 0.15) is 5.75 Å². The second kappa shape index (κ2) is 5.51. The summed E-state index contributed by atoms with van der Waals surface area (Å²) in [5, 5.41) is 0. The summed E-state index contributed by atoms with van der Waals surface area (Å²) in [5.74, 6) is 2.00. The van der Waals surface area contributed by atoms with Crippen LogP contribution in [-0.4, -0.2) is 12.9 Å². The fourth-order valence-electron chi connectivity index (χ4n) is 3.69. The van der Waals surface area contributed by atoms with Crippen LogP contribution in [0.4, 0.5) is 0 Å².